The summed E-state index contributed by atoms with van der Waals surface area (Å²) in [4.78, 5) is 11.2. The first-order valence-electron chi connectivity index (χ1n) is 7.26. The van der Waals surface area contributed by atoms with Gasteiger partial charge in [0, 0.05) is 16.5 Å². The summed E-state index contributed by atoms with van der Waals surface area (Å²) in [7, 11) is 0. The van der Waals surface area contributed by atoms with E-state index in [1.165, 1.54) is 0 Å². The van der Waals surface area contributed by atoms with Crippen LogP contribution in [0.15, 0.2) is 16.6 Å². The first-order valence-corrected chi connectivity index (χ1v) is 8.06. The molecular weight excluding hydrogens is 336 g/mol. The fraction of sp³-hybridized carbons (Fsp3) is 0.562. The van der Waals surface area contributed by atoms with Crippen molar-refractivity contribution in [3.63, 3.8) is 0 Å². The Hall–Kier alpha value is -1.07. The van der Waals surface area contributed by atoms with E-state index in [0.29, 0.717) is 19.6 Å². The molecule has 0 saturated heterocycles. The number of hydrogen-bond acceptors (Lipinski definition) is 4. The standard InChI is InChI=1S/C16H23BrO4/c1-3-20-15(19)7-5-4-6-8-21-16-12(2)9-14(17)10-13(16)11-18/h9-10,18H,3-8,11H2,1-2H3. The van der Waals surface area contributed by atoms with E-state index in [9.17, 15) is 9.90 Å². The number of ether oxygens (including phenoxy) is 2. The lowest BCUT2D eigenvalue weighted by atomic mass is 10.1. The van der Waals surface area contributed by atoms with Crippen LogP contribution in [0, 0.1) is 6.92 Å². The third kappa shape index (κ3) is 6.48. The Morgan fingerprint density at radius 1 is 1.29 bits per heavy atom. The van der Waals surface area contributed by atoms with Gasteiger partial charge in [-0.2, -0.15) is 0 Å². The van der Waals surface area contributed by atoms with E-state index in [1.807, 2.05) is 26.0 Å². The molecule has 4 nitrogen and oxygen atoms in total. The molecular formula is C16H23BrO4. The van der Waals surface area contributed by atoms with Crippen molar-refractivity contribution in [2.45, 2.75) is 46.1 Å². The summed E-state index contributed by atoms with van der Waals surface area (Å²) in [5.74, 6) is 0.621. The Labute approximate surface area is 134 Å². The Balaban J connectivity index is 2.32. The highest BCUT2D eigenvalue weighted by Gasteiger charge is 2.08. The van der Waals surface area contributed by atoms with Gasteiger partial charge in [0.25, 0.3) is 0 Å². The van der Waals surface area contributed by atoms with Crippen molar-refractivity contribution < 1.29 is 19.4 Å². The van der Waals surface area contributed by atoms with Crippen LogP contribution in [0.3, 0.4) is 0 Å². The predicted octanol–water partition coefficient (Wildman–Crippen LogP) is 3.75. The largest absolute Gasteiger partial charge is 0.493 e. The highest BCUT2D eigenvalue weighted by Crippen LogP contribution is 2.28. The van der Waals surface area contributed by atoms with Gasteiger partial charge in [-0.15, -0.1) is 0 Å². The average Bonchev–Trinajstić information content (AvgIpc) is 2.44. The topological polar surface area (TPSA) is 55.8 Å². The molecule has 0 aliphatic carbocycles. The second-order valence-electron chi connectivity index (χ2n) is 4.83. The maximum Gasteiger partial charge on any atom is 0.305 e. The van der Waals surface area contributed by atoms with Gasteiger partial charge in [-0.05, 0) is 50.8 Å². The Morgan fingerprint density at radius 2 is 2.05 bits per heavy atom. The van der Waals surface area contributed by atoms with E-state index >= 15 is 0 Å². The van der Waals surface area contributed by atoms with Gasteiger partial charge in [-0.25, -0.2) is 0 Å². The number of carbonyl (C=O) groups is 1. The zero-order valence-corrected chi connectivity index (χ0v) is 14.2. The molecule has 1 N–H and O–H groups in total. The highest BCUT2D eigenvalue weighted by molar-refractivity contribution is 9.10. The number of carbonyl (C=O) groups excluding carboxylic acids is 1. The summed E-state index contributed by atoms with van der Waals surface area (Å²) in [5, 5.41) is 9.37. The summed E-state index contributed by atoms with van der Waals surface area (Å²) in [6.07, 6.45) is 3.07. The molecule has 0 atom stereocenters. The number of unbranched alkanes of at least 4 members (excludes halogenated alkanes) is 2. The first-order chi connectivity index (χ1) is 10.1. The normalized spacial score (nSPS) is 10.5. The van der Waals surface area contributed by atoms with Crippen LogP contribution in [0.2, 0.25) is 0 Å². The van der Waals surface area contributed by atoms with E-state index in [2.05, 4.69) is 15.9 Å². The summed E-state index contributed by atoms with van der Waals surface area (Å²) in [6.45, 7) is 4.75. The van der Waals surface area contributed by atoms with Crippen molar-refractivity contribution in [1.29, 1.82) is 0 Å². The number of aliphatic hydroxyl groups is 1. The molecule has 0 aromatic heterocycles. The maximum atomic E-state index is 11.2. The number of hydrogen-bond donors (Lipinski definition) is 1. The molecule has 0 spiro atoms. The number of rotatable bonds is 9. The number of aliphatic hydroxyl groups excluding tert-OH is 1. The summed E-state index contributed by atoms with van der Waals surface area (Å²) in [6, 6.07) is 3.83. The molecule has 0 amide bonds. The molecule has 21 heavy (non-hydrogen) atoms. The monoisotopic (exact) mass is 358 g/mol. The molecule has 5 heteroatoms. The summed E-state index contributed by atoms with van der Waals surface area (Å²) < 4.78 is 11.6. The fourth-order valence-electron chi connectivity index (χ4n) is 2.08. The molecule has 0 bridgehead atoms. The van der Waals surface area contributed by atoms with Crippen LogP contribution < -0.4 is 4.74 Å². The predicted molar refractivity (Wildman–Crippen MR) is 85.4 cm³/mol. The zero-order valence-electron chi connectivity index (χ0n) is 12.7. The number of halogens is 1. The third-order valence-electron chi connectivity index (χ3n) is 3.06. The van der Waals surface area contributed by atoms with Crippen LogP contribution in [0.4, 0.5) is 0 Å². The second-order valence-corrected chi connectivity index (χ2v) is 5.75. The average molecular weight is 359 g/mol. The third-order valence-corrected chi connectivity index (χ3v) is 3.52. The van der Waals surface area contributed by atoms with E-state index in [-0.39, 0.29) is 12.6 Å². The molecule has 1 rings (SSSR count). The van der Waals surface area contributed by atoms with Crippen molar-refractivity contribution in [3.8, 4) is 5.75 Å². The lowest BCUT2D eigenvalue weighted by Gasteiger charge is -2.13. The molecule has 0 aliphatic heterocycles. The summed E-state index contributed by atoms with van der Waals surface area (Å²) in [5.41, 5.74) is 1.79. The fourth-order valence-corrected chi connectivity index (χ4v) is 2.70. The number of aryl methyl sites for hydroxylation is 1. The molecule has 118 valence electrons. The van der Waals surface area contributed by atoms with Crippen LogP contribution in [0.1, 0.15) is 43.7 Å². The van der Waals surface area contributed by atoms with E-state index < -0.39 is 0 Å². The molecule has 0 fully saturated rings. The molecule has 0 unspecified atom stereocenters. The van der Waals surface area contributed by atoms with Gasteiger partial charge in [0.05, 0.1) is 19.8 Å². The van der Waals surface area contributed by atoms with Gasteiger partial charge in [-0.3, -0.25) is 4.79 Å². The van der Waals surface area contributed by atoms with E-state index in [0.717, 1.165) is 40.6 Å². The molecule has 0 heterocycles. The number of benzene rings is 1. The Bertz CT molecular complexity index is 460. The number of esters is 1. The van der Waals surface area contributed by atoms with Gasteiger partial charge in [0.1, 0.15) is 5.75 Å². The van der Waals surface area contributed by atoms with Gasteiger partial charge in [0.15, 0.2) is 0 Å². The van der Waals surface area contributed by atoms with Gasteiger partial charge in [0.2, 0.25) is 0 Å². The first kappa shape index (κ1) is 18.0. The minimum atomic E-state index is -0.135. The van der Waals surface area contributed by atoms with Crippen molar-refractivity contribution in [2.75, 3.05) is 13.2 Å². The van der Waals surface area contributed by atoms with Gasteiger partial charge >= 0.3 is 5.97 Å². The Kier molecular flexibility index (Phi) is 8.38. The van der Waals surface area contributed by atoms with Crippen LogP contribution in [-0.2, 0) is 16.1 Å². The molecule has 1 aromatic carbocycles. The zero-order chi connectivity index (χ0) is 15.7. The quantitative estimate of drug-likeness (QED) is 0.539. The summed E-state index contributed by atoms with van der Waals surface area (Å²) >= 11 is 3.41. The molecule has 0 saturated carbocycles. The highest BCUT2D eigenvalue weighted by atomic mass is 79.9. The van der Waals surface area contributed by atoms with Crippen LogP contribution in [0.5, 0.6) is 5.75 Å². The van der Waals surface area contributed by atoms with Crippen molar-refractivity contribution in [2.24, 2.45) is 0 Å². The Morgan fingerprint density at radius 3 is 2.71 bits per heavy atom. The minimum Gasteiger partial charge on any atom is -0.493 e. The smallest absolute Gasteiger partial charge is 0.305 e. The van der Waals surface area contributed by atoms with E-state index in [1.54, 1.807) is 0 Å². The SMILES string of the molecule is CCOC(=O)CCCCCOc1c(C)cc(Br)cc1CO. The molecule has 1 aromatic rings. The second kappa shape index (κ2) is 9.79. The minimum absolute atomic E-state index is 0.0432. The van der Waals surface area contributed by atoms with Crippen molar-refractivity contribution in [3.05, 3.63) is 27.7 Å². The van der Waals surface area contributed by atoms with Crippen LogP contribution in [0.25, 0.3) is 0 Å². The van der Waals surface area contributed by atoms with E-state index in [4.69, 9.17) is 9.47 Å². The maximum absolute atomic E-state index is 11.2. The van der Waals surface area contributed by atoms with Crippen LogP contribution >= 0.6 is 15.9 Å². The van der Waals surface area contributed by atoms with Crippen molar-refractivity contribution in [1.82, 2.24) is 0 Å². The lowest BCUT2D eigenvalue weighted by molar-refractivity contribution is -0.143. The van der Waals surface area contributed by atoms with Crippen molar-refractivity contribution >= 4 is 21.9 Å². The molecule has 0 aliphatic rings. The van der Waals surface area contributed by atoms with Crippen LogP contribution in [-0.4, -0.2) is 24.3 Å². The van der Waals surface area contributed by atoms with Gasteiger partial charge < -0.3 is 14.6 Å². The molecule has 0 radical (unpaired) electrons. The van der Waals surface area contributed by atoms with Gasteiger partial charge in [-0.1, -0.05) is 15.9 Å². The lowest BCUT2D eigenvalue weighted by Crippen LogP contribution is -2.05.